The van der Waals surface area contributed by atoms with E-state index in [1.54, 1.807) is 0 Å². The third-order valence-corrected chi connectivity index (χ3v) is 3.44. The molecule has 2 atom stereocenters. The molecule has 3 heteroatoms. The van der Waals surface area contributed by atoms with Gasteiger partial charge in [-0.15, -0.1) is 0 Å². The van der Waals surface area contributed by atoms with Crippen LogP contribution in [0, 0.1) is 0 Å². The quantitative estimate of drug-likeness (QED) is 0.801. The van der Waals surface area contributed by atoms with Gasteiger partial charge < -0.3 is 14.8 Å². The topological polar surface area (TPSA) is 30.5 Å². The average molecular weight is 227 g/mol. The standard InChI is InChI=1S/C13H25NO2/c1-9-12(5-6-15-9)14-10-7-11(8-10)16-13(2,3)4/h9-12,14H,5-8H2,1-4H3. The summed E-state index contributed by atoms with van der Waals surface area (Å²) in [6.45, 7) is 9.45. The largest absolute Gasteiger partial charge is 0.377 e. The van der Waals surface area contributed by atoms with E-state index >= 15 is 0 Å². The molecular weight excluding hydrogens is 202 g/mol. The molecule has 0 bridgehead atoms. The molecule has 2 fully saturated rings. The van der Waals surface area contributed by atoms with E-state index in [-0.39, 0.29) is 5.60 Å². The van der Waals surface area contributed by atoms with Crippen molar-refractivity contribution in [1.29, 1.82) is 0 Å². The summed E-state index contributed by atoms with van der Waals surface area (Å²) in [5.74, 6) is 0. The van der Waals surface area contributed by atoms with E-state index in [1.807, 2.05) is 0 Å². The SMILES string of the molecule is CC1OCCC1NC1CC(OC(C)(C)C)C1. The van der Waals surface area contributed by atoms with Crippen LogP contribution in [0.1, 0.15) is 47.0 Å². The molecule has 0 aromatic carbocycles. The minimum absolute atomic E-state index is 0.000597. The number of hydrogen-bond donors (Lipinski definition) is 1. The Hall–Kier alpha value is -0.120. The Morgan fingerprint density at radius 1 is 1.25 bits per heavy atom. The molecule has 1 saturated heterocycles. The zero-order valence-corrected chi connectivity index (χ0v) is 11.0. The summed E-state index contributed by atoms with van der Waals surface area (Å²) in [5, 5.41) is 3.68. The van der Waals surface area contributed by atoms with Gasteiger partial charge in [-0.25, -0.2) is 0 Å². The van der Waals surface area contributed by atoms with Gasteiger partial charge >= 0.3 is 0 Å². The van der Waals surface area contributed by atoms with Crippen LogP contribution in [0.2, 0.25) is 0 Å². The fraction of sp³-hybridized carbons (Fsp3) is 1.00. The Kier molecular flexibility index (Phi) is 3.57. The second-order valence-corrected chi connectivity index (χ2v) is 6.16. The molecule has 0 amide bonds. The summed E-state index contributed by atoms with van der Waals surface area (Å²) in [6, 6.07) is 1.20. The van der Waals surface area contributed by atoms with Gasteiger partial charge in [-0.1, -0.05) is 0 Å². The molecule has 1 saturated carbocycles. The lowest BCUT2D eigenvalue weighted by atomic mass is 9.87. The van der Waals surface area contributed by atoms with Crippen molar-refractivity contribution in [3.05, 3.63) is 0 Å². The Labute approximate surface area is 98.9 Å². The van der Waals surface area contributed by atoms with Gasteiger partial charge in [-0.2, -0.15) is 0 Å². The van der Waals surface area contributed by atoms with Gasteiger partial charge in [0.05, 0.1) is 17.8 Å². The lowest BCUT2D eigenvalue weighted by Gasteiger charge is -2.41. The number of hydrogen-bond acceptors (Lipinski definition) is 3. The van der Waals surface area contributed by atoms with Gasteiger partial charge in [0.2, 0.25) is 0 Å². The highest BCUT2D eigenvalue weighted by atomic mass is 16.5. The molecule has 2 unspecified atom stereocenters. The maximum absolute atomic E-state index is 5.92. The van der Waals surface area contributed by atoms with Crippen LogP contribution in [-0.4, -0.2) is 36.5 Å². The van der Waals surface area contributed by atoms with Crippen molar-refractivity contribution in [1.82, 2.24) is 5.32 Å². The summed E-state index contributed by atoms with van der Waals surface area (Å²) in [7, 11) is 0. The van der Waals surface area contributed by atoms with E-state index in [2.05, 4.69) is 33.0 Å². The van der Waals surface area contributed by atoms with E-state index in [0.717, 1.165) is 25.9 Å². The highest BCUT2D eigenvalue weighted by Crippen LogP contribution is 2.29. The first-order valence-electron chi connectivity index (χ1n) is 6.49. The van der Waals surface area contributed by atoms with Gasteiger partial charge in [0.15, 0.2) is 0 Å². The molecule has 2 aliphatic rings. The average Bonchev–Trinajstić information content (AvgIpc) is 2.46. The first kappa shape index (κ1) is 12.3. The molecule has 1 aliphatic heterocycles. The Morgan fingerprint density at radius 2 is 1.94 bits per heavy atom. The van der Waals surface area contributed by atoms with Crippen molar-refractivity contribution < 1.29 is 9.47 Å². The van der Waals surface area contributed by atoms with Crippen LogP contribution in [0.3, 0.4) is 0 Å². The lowest BCUT2D eigenvalue weighted by molar-refractivity contribution is -0.104. The second-order valence-electron chi connectivity index (χ2n) is 6.16. The molecular formula is C13H25NO2. The minimum atomic E-state index is -0.000597. The molecule has 0 aromatic rings. The third-order valence-electron chi connectivity index (χ3n) is 3.44. The first-order chi connectivity index (χ1) is 7.44. The van der Waals surface area contributed by atoms with Crippen molar-refractivity contribution >= 4 is 0 Å². The van der Waals surface area contributed by atoms with Crippen LogP contribution in [-0.2, 0) is 9.47 Å². The summed E-state index contributed by atoms with van der Waals surface area (Å²) in [4.78, 5) is 0. The van der Waals surface area contributed by atoms with Crippen LogP contribution >= 0.6 is 0 Å². The summed E-state index contributed by atoms with van der Waals surface area (Å²) in [5.41, 5.74) is -0.000597. The zero-order chi connectivity index (χ0) is 11.8. The van der Waals surface area contributed by atoms with Crippen LogP contribution in [0.5, 0.6) is 0 Å². The molecule has 0 radical (unpaired) electrons. The van der Waals surface area contributed by atoms with Gasteiger partial charge in [-0.3, -0.25) is 0 Å². The van der Waals surface area contributed by atoms with Crippen molar-refractivity contribution in [3.63, 3.8) is 0 Å². The van der Waals surface area contributed by atoms with Crippen LogP contribution in [0.25, 0.3) is 0 Å². The van der Waals surface area contributed by atoms with Gasteiger partial charge in [0.1, 0.15) is 0 Å². The lowest BCUT2D eigenvalue weighted by Crippen LogP contribution is -2.52. The zero-order valence-electron chi connectivity index (χ0n) is 11.0. The minimum Gasteiger partial charge on any atom is -0.377 e. The van der Waals surface area contributed by atoms with Gasteiger partial charge in [0, 0.05) is 18.7 Å². The van der Waals surface area contributed by atoms with Crippen molar-refractivity contribution in [2.45, 2.75) is 76.9 Å². The number of ether oxygens (including phenoxy) is 2. The van der Waals surface area contributed by atoms with Crippen molar-refractivity contribution in [3.8, 4) is 0 Å². The van der Waals surface area contributed by atoms with Crippen LogP contribution in [0.15, 0.2) is 0 Å². The summed E-state index contributed by atoms with van der Waals surface area (Å²) < 4.78 is 11.5. The van der Waals surface area contributed by atoms with E-state index in [4.69, 9.17) is 9.47 Å². The molecule has 3 nitrogen and oxygen atoms in total. The number of nitrogens with one attached hydrogen (secondary N) is 1. The molecule has 16 heavy (non-hydrogen) atoms. The molecule has 94 valence electrons. The Bertz CT molecular complexity index is 231. The van der Waals surface area contributed by atoms with E-state index < -0.39 is 0 Å². The van der Waals surface area contributed by atoms with E-state index in [0.29, 0.717) is 24.3 Å². The highest BCUT2D eigenvalue weighted by molar-refractivity contribution is 4.92. The second kappa shape index (κ2) is 4.63. The maximum atomic E-state index is 5.92. The van der Waals surface area contributed by atoms with Crippen molar-refractivity contribution in [2.24, 2.45) is 0 Å². The fourth-order valence-corrected chi connectivity index (χ4v) is 2.55. The first-order valence-corrected chi connectivity index (χ1v) is 6.49. The Morgan fingerprint density at radius 3 is 2.44 bits per heavy atom. The molecule has 2 rings (SSSR count). The van der Waals surface area contributed by atoms with Crippen LogP contribution in [0.4, 0.5) is 0 Å². The predicted molar refractivity (Wildman–Crippen MR) is 64.6 cm³/mol. The monoisotopic (exact) mass is 227 g/mol. The normalized spacial score (nSPS) is 39.8. The van der Waals surface area contributed by atoms with E-state index in [1.165, 1.54) is 0 Å². The van der Waals surface area contributed by atoms with Gasteiger partial charge in [-0.05, 0) is 47.0 Å². The van der Waals surface area contributed by atoms with Crippen LogP contribution < -0.4 is 5.32 Å². The molecule has 1 N–H and O–H groups in total. The molecule has 1 heterocycles. The maximum Gasteiger partial charge on any atom is 0.0700 e. The number of rotatable bonds is 3. The fourth-order valence-electron chi connectivity index (χ4n) is 2.55. The highest BCUT2D eigenvalue weighted by Gasteiger charge is 2.36. The molecule has 1 aliphatic carbocycles. The molecule has 0 spiro atoms. The van der Waals surface area contributed by atoms with Crippen molar-refractivity contribution in [2.75, 3.05) is 6.61 Å². The smallest absolute Gasteiger partial charge is 0.0700 e. The summed E-state index contributed by atoms with van der Waals surface area (Å²) in [6.07, 6.45) is 4.29. The molecule has 0 aromatic heterocycles. The van der Waals surface area contributed by atoms with Gasteiger partial charge in [0.25, 0.3) is 0 Å². The summed E-state index contributed by atoms with van der Waals surface area (Å²) >= 11 is 0. The van der Waals surface area contributed by atoms with E-state index in [9.17, 15) is 0 Å². The predicted octanol–water partition coefficient (Wildman–Crippen LogP) is 2.10. The third kappa shape index (κ3) is 3.19. The Balaban J connectivity index is 1.65.